The molecule has 1 N–H and O–H groups in total. The number of benzene rings is 2. The number of nitrogens with zero attached hydrogens (tertiary/aromatic N) is 1. The van der Waals surface area contributed by atoms with E-state index in [0.29, 0.717) is 0 Å². The van der Waals surface area contributed by atoms with Crippen molar-refractivity contribution in [3.63, 3.8) is 0 Å². The van der Waals surface area contributed by atoms with Gasteiger partial charge >= 0.3 is 6.03 Å². The van der Waals surface area contributed by atoms with Gasteiger partial charge in [0, 0.05) is 5.56 Å². The SMILES string of the molecule is COc1cc(C)c(C=C2NC(=O)N(Cc3ccccc3F)C2=O)cc1C(C)C. The fraction of sp³-hybridized carbons (Fsp3) is 0.273. The Kier molecular flexibility index (Phi) is 5.49. The Hall–Kier alpha value is -3.15. The van der Waals surface area contributed by atoms with Crippen LogP contribution in [0.3, 0.4) is 0 Å². The first kappa shape index (κ1) is 19.6. The number of methoxy groups -OCH3 is 1. The second-order valence-corrected chi connectivity index (χ2v) is 7.08. The van der Waals surface area contributed by atoms with Crippen molar-refractivity contribution in [1.29, 1.82) is 0 Å². The van der Waals surface area contributed by atoms with E-state index < -0.39 is 17.8 Å². The monoisotopic (exact) mass is 382 g/mol. The summed E-state index contributed by atoms with van der Waals surface area (Å²) in [4.78, 5) is 26.0. The number of hydrogen-bond donors (Lipinski definition) is 1. The average Bonchev–Trinajstić information content (AvgIpc) is 2.92. The molecule has 2 aromatic carbocycles. The van der Waals surface area contributed by atoms with E-state index in [2.05, 4.69) is 19.2 Å². The molecule has 146 valence electrons. The first-order valence-corrected chi connectivity index (χ1v) is 9.08. The Morgan fingerprint density at radius 3 is 2.57 bits per heavy atom. The molecule has 0 saturated carbocycles. The number of carbonyl (C=O) groups excluding carboxylic acids is 2. The summed E-state index contributed by atoms with van der Waals surface area (Å²) in [6.45, 7) is 5.91. The number of amides is 3. The van der Waals surface area contributed by atoms with E-state index in [-0.39, 0.29) is 23.7 Å². The number of carbonyl (C=O) groups is 2. The molecular weight excluding hydrogens is 359 g/mol. The molecule has 28 heavy (non-hydrogen) atoms. The number of urea groups is 1. The summed E-state index contributed by atoms with van der Waals surface area (Å²) in [6, 6.07) is 9.41. The zero-order valence-corrected chi connectivity index (χ0v) is 16.4. The van der Waals surface area contributed by atoms with Gasteiger partial charge in [-0.05, 0) is 53.8 Å². The highest BCUT2D eigenvalue weighted by atomic mass is 19.1. The van der Waals surface area contributed by atoms with Crippen LogP contribution in [-0.4, -0.2) is 23.9 Å². The topological polar surface area (TPSA) is 58.6 Å². The van der Waals surface area contributed by atoms with Crippen LogP contribution in [-0.2, 0) is 11.3 Å². The minimum absolute atomic E-state index is 0.118. The minimum atomic E-state index is -0.560. The molecule has 0 atom stereocenters. The average molecular weight is 382 g/mol. The van der Waals surface area contributed by atoms with Gasteiger partial charge in [0.05, 0.1) is 13.7 Å². The van der Waals surface area contributed by atoms with Gasteiger partial charge in [0.2, 0.25) is 0 Å². The fourth-order valence-electron chi connectivity index (χ4n) is 3.17. The molecule has 0 bridgehead atoms. The zero-order valence-electron chi connectivity index (χ0n) is 16.4. The maximum Gasteiger partial charge on any atom is 0.329 e. The van der Waals surface area contributed by atoms with Crippen molar-refractivity contribution < 1.29 is 18.7 Å². The molecule has 0 radical (unpaired) electrons. The van der Waals surface area contributed by atoms with Crippen LogP contribution >= 0.6 is 0 Å². The van der Waals surface area contributed by atoms with E-state index in [1.807, 2.05) is 19.1 Å². The summed E-state index contributed by atoms with van der Waals surface area (Å²) >= 11 is 0. The van der Waals surface area contributed by atoms with Crippen molar-refractivity contribution in [2.75, 3.05) is 7.11 Å². The lowest BCUT2D eigenvalue weighted by Gasteiger charge is -2.15. The molecule has 0 unspecified atom stereocenters. The molecule has 0 spiro atoms. The molecule has 1 fully saturated rings. The summed E-state index contributed by atoms with van der Waals surface area (Å²) in [6.07, 6.45) is 1.65. The van der Waals surface area contributed by atoms with Crippen molar-refractivity contribution in [3.8, 4) is 5.75 Å². The van der Waals surface area contributed by atoms with Crippen LogP contribution in [0.1, 0.15) is 42.0 Å². The third kappa shape index (κ3) is 3.76. The van der Waals surface area contributed by atoms with Crippen LogP contribution in [0.4, 0.5) is 9.18 Å². The van der Waals surface area contributed by atoms with Crippen molar-refractivity contribution in [2.45, 2.75) is 33.2 Å². The highest BCUT2D eigenvalue weighted by Crippen LogP contribution is 2.31. The van der Waals surface area contributed by atoms with Gasteiger partial charge in [-0.15, -0.1) is 0 Å². The first-order chi connectivity index (χ1) is 13.3. The van der Waals surface area contributed by atoms with Gasteiger partial charge in [-0.2, -0.15) is 0 Å². The summed E-state index contributed by atoms with van der Waals surface area (Å²) < 4.78 is 19.3. The minimum Gasteiger partial charge on any atom is -0.496 e. The second-order valence-electron chi connectivity index (χ2n) is 7.08. The molecule has 5 nitrogen and oxygen atoms in total. The van der Waals surface area contributed by atoms with Crippen LogP contribution < -0.4 is 10.1 Å². The predicted molar refractivity (Wildman–Crippen MR) is 105 cm³/mol. The molecule has 1 aliphatic heterocycles. The first-order valence-electron chi connectivity index (χ1n) is 9.08. The van der Waals surface area contributed by atoms with Crippen LogP contribution in [0.25, 0.3) is 6.08 Å². The molecule has 0 aromatic heterocycles. The zero-order chi connectivity index (χ0) is 20.4. The van der Waals surface area contributed by atoms with Gasteiger partial charge in [-0.1, -0.05) is 32.0 Å². The van der Waals surface area contributed by atoms with Gasteiger partial charge < -0.3 is 10.1 Å². The molecule has 2 aromatic rings. The van der Waals surface area contributed by atoms with Gasteiger partial charge in [0.15, 0.2) is 0 Å². The maximum atomic E-state index is 13.9. The van der Waals surface area contributed by atoms with Crippen molar-refractivity contribution in [2.24, 2.45) is 0 Å². The van der Waals surface area contributed by atoms with Crippen LogP contribution in [0.5, 0.6) is 5.75 Å². The van der Waals surface area contributed by atoms with E-state index in [4.69, 9.17) is 4.74 Å². The van der Waals surface area contributed by atoms with Crippen LogP contribution in [0, 0.1) is 12.7 Å². The van der Waals surface area contributed by atoms with Gasteiger partial charge in [0.1, 0.15) is 17.3 Å². The summed E-state index contributed by atoms with van der Waals surface area (Å²) in [5, 5.41) is 2.59. The number of ether oxygens (including phenoxy) is 1. The van der Waals surface area contributed by atoms with Gasteiger partial charge in [-0.25, -0.2) is 9.18 Å². The van der Waals surface area contributed by atoms with E-state index in [0.717, 1.165) is 27.3 Å². The lowest BCUT2D eigenvalue weighted by atomic mass is 9.96. The molecule has 3 rings (SSSR count). The van der Waals surface area contributed by atoms with E-state index in [1.54, 1.807) is 31.4 Å². The Bertz CT molecular complexity index is 966. The number of rotatable bonds is 5. The summed E-state index contributed by atoms with van der Waals surface area (Å²) in [5.74, 6) is 0.0967. The largest absolute Gasteiger partial charge is 0.496 e. The summed E-state index contributed by atoms with van der Waals surface area (Å²) in [7, 11) is 1.63. The van der Waals surface area contributed by atoms with Gasteiger partial charge in [-0.3, -0.25) is 9.69 Å². The van der Waals surface area contributed by atoms with E-state index in [1.165, 1.54) is 6.07 Å². The Balaban J connectivity index is 1.92. The van der Waals surface area contributed by atoms with Crippen molar-refractivity contribution in [1.82, 2.24) is 10.2 Å². The Labute approximate surface area is 163 Å². The lowest BCUT2D eigenvalue weighted by Crippen LogP contribution is -2.30. The molecule has 1 saturated heterocycles. The molecule has 6 heteroatoms. The normalized spacial score (nSPS) is 15.5. The predicted octanol–water partition coefficient (Wildman–Crippen LogP) is 4.36. The number of nitrogens with one attached hydrogen (secondary N) is 1. The molecule has 3 amide bonds. The fourth-order valence-corrected chi connectivity index (χ4v) is 3.17. The van der Waals surface area contributed by atoms with E-state index >= 15 is 0 Å². The van der Waals surface area contributed by atoms with E-state index in [9.17, 15) is 14.0 Å². The quantitative estimate of drug-likeness (QED) is 0.617. The number of imide groups is 1. The van der Waals surface area contributed by atoms with Crippen LogP contribution in [0.2, 0.25) is 0 Å². The number of halogens is 1. The molecular formula is C22H23FN2O3. The number of hydrogen-bond acceptors (Lipinski definition) is 3. The molecule has 1 aliphatic rings. The Morgan fingerprint density at radius 2 is 1.93 bits per heavy atom. The second kappa shape index (κ2) is 7.84. The Morgan fingerprint density at radius 1 is 1.21 bits per heavy atom. The smallest absolute Gasteiger partial charge is 0.329 e. The highest BCUT2D eigenvalue weighted by Gasteiger charge is 2.34. The number of aryl methyl sites for hydroxylation is 1. The standard InChI is InChI=1S/C22H23FN2O3/c1-13(2)17-10-16(14(3)9-20(17)28-4)11-19-21(26)25(22(27)24-19)12-15-7-5-6-8-18(15)23/h5-11,13H,12H2,1-4H3,(H,24,27). The molecule has 0 aliphatic carbocycles. The molecule has 1 heterocycles. The summed E-state index contributed by atoms with van der Waals surface area (Å²) in [5.41, 5.74) is 3.21. The lowest BCUT2D eigenvalue weighted by molar-refractivity contribution is -0.123. The van der Waals surface area contributed by atoms with Crippen LogP contribution in [0.15, 0.2) is 42.1 Å². The highest BCUT2D eigenvalue weighted by molar-refractivity contribution is 6.14. The third-order valence-corrected chi connectivity index (χ3v) is 4.79. The maximum absolute atomic E-state index is 13.9. The third-order valence-electron chi connectivity index (χ3n) is 4.79. The van der Waals surface area contributed by atoms with Gasteiger partial charge in [0.25, 0.3) is 5.91 Å². The van der Waals surface area contributed by atoms with Crippen molar-refractivity contribution in [3.05, 3.63) is 70.2 Å². The van der Waals surface area contributed by atoms with Crippen molar-refractivity contribution >= 4 is 18.0 Å².